The predicted molar refractivity (Wildman–Crippen MR) is 59.6 cm³/mol. The summed E-state index contributed by atoms with van der Waals surface area (Å²) in [7, 11) is 0. The predicted octanol–water partition coefficient (Wildman–Crippen LogP) is 0.834. The molecule has 0 spiro atoms. The molecule has 1 aliphatic carbocycles. The van der Waals surface area contributed by atoms with Crippen LogP contribution in [0.2, 0.25) is 0 Å². The maximum Gasteiger partial charge on any atom is 0.0510 e. The van der Waals surface area contributed by atoms with E-state index in [2.05, 4.69) is 4.90 Å². The summed E-state index contributed by atoms with van der Waals surface area (Å²) in [5.41, 5.74) is 6.27. The van der Waals surface area contributed by atoms with Crippen molar-refractivity contribution in [3.05, 3.63) is 0 Å². The van der Waals surface area contributed by atoms with Gasteiger partial charge in [-0.25, -0.2) is 0 Å². The molecule has 4 unspecified atom stereocenters. The summed E-state index contributed by atoms with van der Waals surface area (Å²) in [6.07, 6.45) is 5.48. The van der Waals surface area contributed by atoms with Crippen molar-refractivity contribution in [1.29, 1.82) is 0 Å². The van der Waals surface area contributed by atoms with Crippen LogP contribution in [-0.2, 0) is 4.74 Å². The van der Waals surface area contributed by atoms with Gasteiger partial charge in [-0.15, -0.1) is 0 Å². The highest BCUT2D eigenvalue weighted by atomic mass is 16.5. The van der Waals surface area contributed by atoms with Gasteiger partial charge in [0.2, 0.25) is 0 Å². The number of rotatable bonds is 3. The van der Waals surface area contributed by atoms with Crippen molar-refractivity contribution in [2.24, 2.45) is 17.6 Å². The van der Waals surface area contributed by atoms with Gasteiger partial charge < -0.3 is 10.5 Å². The Morgan fingerprint density at radius 3 is 2.87 bits per heavy atom. The van der Waals surface area contributed by atoms with Gasteiger partial charge in [0.1, 0.15) is 0 Å². The van der Waals surface area contributed by atoms with E-state index < -0.39 is 0 Å². The van der Waals surface area contributed by atoms with E-state index in [4.69, 9.17) is 10.5 Å². The molecular formula is C12H22N2O. The molecule has 2 heterocycles. The summed E-state index contributed by atoms with van der Waals surface area (Å²) in [5, 5.41) is 0. The van der Waals surface area contributed by atoms with Crippen LogP contribution in [-0.4, -0.2) is 43.3 Å². The van der Waals surface area contributed by atoms with Gasteiger partial charge in [-0.2, -0.15) is 0 Å². The van der Waals surface area contributed by atoms with Crippen LogP contribution in [0.3, 0.4) is 0 Å². The van der Waals surface area contributed by atoms with Crippen LogP contribution in [0.1, 0.15) is 25.7 Å². The third-order valence-electron chi connectivity index (χ3n) is 4.54. The highest BCUT2D eigenvalue weighted by Gasteiger charge is 2.38. The van der Waals surface area contributed by atoms with E-state index in [0.29, 0.717) is 12.0 Å². The smallest absolute Gasteiger partial charge is 0.0510 e. The molecule has 0 aromatic carbocycles. The fraction of sp³-hybridized carbons (Fsp3) is 1.00. The van der Waals surface area contributed by atoms with Crippen LogP contribution in [0.25, 0.3) is 0 Å². The largest absolute Gasteiger partial charge is 0.381 e. The van der Waals surface area contributed by atoms with Crippen molar-refractivity contribution >= 4 is 0 Å². The standard InChI is InChI=1S/C12H22N2O/c13-12(10-3-4-15-8-10)7-14-6-9-1-2-11(14)5-9/h9-12H,1-8,13H2. The molecule has 0 radical (unpaired) electrons. The van der Waals surface area contributed by atoms with Gasteiger partial charge in [0.25, 0.3) is 0 Å². The molecule has 0 aromatic heterocycles. The molecule has 3 nitrogen and oxygen atoms in total. The van der Waals surface area contributed by atoms with Gasteiger partial charge in [0, 0.05) is 37.7 Å². The molecule has 4 atom stereocenters. The second-order valence-corrected chi connectivity index (χ2v) is 5.57. The first-order valence-electron chi connectivity index (χ1n) is 6.40. The average molecular weight is 210 g/mol. The second kappa shape index (κ2) is 4.04. The first kappa shape index (κ1) is 10.1. The topological polar surface area (TPSA) is 38.5 Å². The lowest BCUT2D eigenvalue weighted by atomic mass is 9.98. The number of ether oxygens (including phenoxy) is 1. The van der Waals surface area contributed by atoms with E-state index >= 15 is 0 Å². The second-order valence-electron chi connectivity index (χ2n) is 5.57. The Hall–Kier alpha value is -0.120. The maximum atomic E-state index is 6.27. The third kappa shape index (κ3) is 1.93. The summed E-state index contributed by atoms with van der Waals surface area (Å²) >= 11 is 0. The molecule has 15 heavy (non-hydrogen) atoms. The number of nitrogens with two attached hydrogens (primary N) is 1. The van der Waals surface area contributed by atoms with E-state index in [-0.39, 0.29) is 0 Å². The van der Waals surface area contributed by atoms with Crippen LogP contribution < -0.4 is 5.73 Å². The third-order valence-corrected chi connectivity index (χ3v) is 4.54. The SMILES string of the molecule is NC(CN1CC2CCC1C2)C1CCOC1. The Labute approximate surface area is 91.9 Å². The zero-order chi connectivity index (χ0) is 10.3. The van der Waals surface area contributed by atoms with Gasteiger partial charge in [-0.05, 0) is 31.6 Å². The molecular weight excluding hydrogens is 188 g/mol. The van der Waals surface area contributed by atoms with Gasteiger partial charge >= 0.3 is 0 Å². The van der Waals surface area contributed by atoms with Gasteiger partial charge in [-0.3, -0.25) is 4.90 Å². The normalized spacial score (nSPS) is 42.6. The summed E-state index contributed by atoms with van der Waals surface area (Å²) in [6.45, 7) is 4.23. The molecule has 86 valence electrons. The van der Waals surface area contributed by atoms with Crippen molar-refractivity contribution < 1.29 is 4.74 Å². The van der Waals surface area contributed by atoms with Crippen LogP contribution in [0.15, 0.2) is 0 Å². The van der Waals surface area contributed by atoms with Crippen molar-refractivity contribution in [2.75, 3.05) is 26.3 Å². The van der Waals surface area contributed by atoms with Crippen molar-refractivity contribution in [3.8, 4) is 0 Å². The number of nitrogens with zero attached hydrogens (tertiary/aromatic N) is 1. The Balaban J connectivity index is 1.52. The van der Waals surface area contributed by atoms with Crippen molar-refractivity contribution in [2.45, 2.75) is 37.8 Å². The Morgan fingerprint density at radius 2 is 2.27 bits per heavy atom. The number of hydrogen-bond acceptors (Lipinski definition) is 3. The van der Waals surface area contributed by atoms with Gasteiger partial charge in [0.15, 0.2) is 0 Å². The molecule has 2 N–H and O–H groups in total. The van der Waals surface area contributed by atoms with Crippen molar-refractivity contribution in [3.63, 3.8) is 0 Å². The maximum absolute atomic E-state index is 6.27. The zero-order valence-electron chi connectivity index (χ0n) is 9.40. The number of piperidine rings is 1. The molecule has 3 heteroatoms. The molecule has 0 amide bonds. The number of fused-ring (bicyclic) bond motifs is 2. The van der Waals surface area contributed by atoms with E-state index in [1.807, 2.05) is 0 Å². The molecule has 3 rings (SSSR count). The minimum absolute atomic E-state index is 0.340. The molecule has 3 aliphatic rings. The lowest BCUT2D eigenvalue weighted by Crippen LogP contribution is -2.45. The van der Waals surface area contributed by atoms with Crippen LogP contribution in [0.5, 0.6) is 0 Å². The van der Waals surface area contributed by atoms with Crippen molar-refractivity contribution in [1.82, 2.24) is 4.90 Å². The minimum atomic E-state index is 0.340. The Bertz CT molecular complexity index is 228. The molecule has 0 aromatic rings. The quantitative estimate of drug-likeness (QED) is 0.750. The van der Waals surface area contributed by atoms with Crippen LogP contribution in [0.4, 0.5) is 0 Å². The molecule has 2 saturated heterocycles. The Kier molecular flexibility index (Phi) is 2.71. The lowest BCUT2D eigenvalue weighted by molar-refractivity contribution is 0.157. The molecule has 2 bridgehead atoms. The average Bonchev–Trinajstić information content (AvgIpc) is 2.95. The zero-order valence-corrected chi connectivity index (χ0v) is 9.40. The number of hydrogen-bond donors (Lipinski definition) is 1. The van der Waals surface area contributed by atoms with Gasteiger partial charge in [-0.1, -0.05) is 0 Å². The Morgan fingerprint density at radius 1 is 1.33 bits per heavy atom. The molecule has 1 saturated carbocycles. The molecule has 3 fully saturated rings. The number of likely N-dealkylation sites (tertiary alicyclic amines) is 1. The first-order valence-corrected chi connectivity index (χ1v) is 6.40. The summed E-state index contributed by atoms with van der Waals surface area (Å²) in [6, 6.07) is 1.20. The first-order chi connectivity index (χ1) is 7.33. The van der Waals surface area contributed by atoms with Crippen LogP contribution >= 0.6 is 0 Å². The van der Waals surface area contributed by atoms with Gasteiger partial charge in [0.05, 0.1) is 6.61 Å². The summed E-state index contributed by atoms with van der Waals surface area (Å²) < 4.78 is 5.41. The van der Waals surface area contributed by atoms with E-state index in [1.165, 1.54) is 32.2 Å². The monoisotopic (exact) mass is 210 g/mol. The van der Waals surface area contributed by atoms with E-state index in [9.17, 15) is 0 Å². The fourth-order valence-corrected chi connectivity index (χ4v) is 3.56. The summed E-state index contributed by atoms with van der Waals surface area (Å²) in [4.78, 5) is 2.64. The highest BCUT2D eigenvalue weighted by molar-refractivity contribution is 4.94. The fourth-order valence-electron chi connectivity index (χ4n) is 3.56. The minimum Gasteiger partial charge on any atom is -0.381 e. The lowest BCUT2D eigenvalue weighted by Gasteiger charge is -2.31. The van der Waals surface area contributed by atoms with E-state index in [0.717, 1.165) is 31.7 Å². The molecule has 2 aliphatic heterocycles. The van der Waals surface area contributed by atoms with Crippen LogP contribution in [0, 0.1) is 11.8 Å². The van der Waals surface area contributed by atoms with E-state index in [1.54, 1.807) is 0 Å². The highest BCUT2D eigenvalue weighted by Crippen LogP contribution is 2.37. The summed E-state index contributed by atoms with van der Waals surface area (Å²) in [5.74, 6) is 1.60.